The van der Waals surface area contributed by atoms with Crippen molar-refractivity contribution in [3.63, 3.8) is 0 Å². The van der Waals surface area contributed by atoms with Crippen LogP contribution in [0.15, 0.2) is 35.4 Å². The molecule has 0 bridgehead atoms. The normalized spacial score (nSPS) is 14.7. The number of hydrogen-bond acceptors (Lipinski definition) is 2. The van der Waals surface area contributed by atoms with Crippen molar-refractivity contribution >= 4 is 0 Å². The van der Waals surface area contributed by atoms with Crippen LogP contribution in [0.5, 0.6) is 11.5 Å². The first-order chi connectivity index (χ1) is 13.9. The van der Waals surface area contributed by atoms with E-state index >= 15 is 0 Å². The van der Waals surface area contributed by atoms with Crippen molar-refractivity contribution in [3.8, 4) is 11.5 Å². The molecule has 0 spiro atoms. The van der Waals surface area contributed by atoms with Crippen LogP contribution in [0.1, 0.15) is 118 Å². The van der Waals surface area contributed by atoms with Gasteiger partial charge in [-0.15, -0.1) is 0 Å². The quantitative estimate of drug-likeness (QED) is 0.379. The topological polar surface area (TPSA) is 40.5 Å². The SMILES string of the molecule is CC.CC.CCCCC=C(C)C.CCc1cc(O)c(C2C=C(C)CCC2)c(O)c1. The maximum atomic E-state index is 10.1. The van der Waals surface area contributed by atoms with E-state index in [0.717, 1.165) is 31.2 Å². The zero-order chi connectivity index (χ0) is 22.8. The molecule has 2 heteroatoms. The van der Waals surface area contributed by atoms with Crippen LogP contribution in [-0.4, -0.2) is 10.2 Å². The Morgan fingerprint density at radius 3 is 2.00 bits per heavy atom. The Morgan fingerprint density at radius 2 is 1.59 bits per heavy atom. The lowest BCUT2D eigenvalue weighted by molar-refractivity contribution is 0.427. The van der Waals surface area contributed by atoms with Gasteiger partial charge >= 0.3 is 0 Å². The van der Waals surface area contributed by atoms with Gasteiger partial charge in [-0.1, -0.05) is 77.7 Å². The Morgan fingerprint density at radius 1 is 1.03 bits per heavy atom. The molecule has 2 rings (SSSR count). The first-order valence-corrected chi connectivity index (χ1v) is 11.7. The van der Waals surface area contributed by atoms with Gasteiger partial charge in [0.1, 0.15) is 11.5 Å². The van der Waals surface area contributed by atoms with Gasteiger partial charge in [-0.05, 0) is 70.6 Å². The summed E-state index contributed by atoms with van der Waals surface area (Å²) in [6.07, 6.45) is 12.5. The van der Waals surface area contributed by atoms with Crippen LogP contribution in [0.2, 0.25) is 0 Å². The van der Waals surface area contributed by atoms with Gasteiger partial charge in [0.05, 0.1) is 0 Å². The van der Waals surface area contributed by atoms with Gasteiger partial charge < -0.3 is 10.2 Å². The molecular weight excluding hydrogens is 356 g/mol. The summed E-state index contributed by atoms with van der Waals surface area (Å²) in [4.78, 5) is 0. The molecule has 1 aromatic carbocycles. The molecule has 1 aromatic rings. The Balaban J connectivity index is 0. The Kier molecular flexibility index (Phi) is 18.7. The molecule has 1 atom stereocenters. The molecular formula is C27H48O2. The van der Waals surface area contributed by atoms with E-state index in [4.69, 9.17) is 0 Å². The van der Waals surface area contributed by atoms with E-state index in [1.54, 1.807) is 12.1 Å². The average Bonchev–Trinajstić information content (AvgIpc) is 2.71. The molecule has 0 fully saturated rings. The van der Waals surface area contributed by atoms with E-state index in [-0.39, 0.29) is 17.4 Å². The minimum absolute atomic E-state index is 0.162. The number of aromatic hydroxyl groups is 2. The third-order valence-electron chi connectivity index (χ3n) is 4.66. The van der Waals surface area contributed by atoms with Crippen molar-refractivity contribution in [2.24, 2.45) is 0 Å². The number of hydrogen-bond donors (Lipinski definition) is 2. The van der Waals surface area contributed by atoms with Gasteiger partial charge in [0, 0.05) is 11.5 Å². The highest BCUT2D eigenvalue weighted by molar-refractivity contribution is 5.50. The highest BCUT2D eigenvalue weighted by atomic mass is 16.3. The van der Waals surface area contributed by atoms with Crippen molar-refractivity contribution in [1.29, 1.82) is 0 Å². The number of unbranched alkanes of at least 4 members (excludes halogenated alkanes) is 2. The molecule has 0 saturated carbocycles. The standard InChI is InChI=1S/C15H20O2.C8H16.2C2H6/c1-3-11-8-13(16)15(14(17)9-11)12-6-4-5-10(2)7-12;1-4-5-6-7-8(2)3;2*1-2/h7-9,12,16-17H,3-6H2,1-2H3;7H,4-6H2,1-3H3;2*1-2H3. The molecule has 0 heterocycles. The first-order valence-electron chi connectivity index (χ1n) is 11.7. The lowest BCUT2D eigenvalue weighted by atomic mass is 9.84. The predicted octanol–water partition coefficient (Wildman–Crippen LogP) is 9.07. The van der Waals surface area contributed by atoms with Crippen LogP contribution in [-0.2, 0) is 6.42 Å². The Labute approximate surface area is 181 Å². The molecule has 1 unspecified atom stereocenters. The average molecular weight is 405 g/mol. The lowest BCUT2D eigenvalue weighted by Gasteiger charge is -2.22. The number of phenols is 2. The Bertz CT molecular complexity index is 570. The number of benzene rings is 1. The van der Waals surface area contributed by atoms with E-state index in [2.05, 4.69) is 39.8 Å². The minimum Gasteiger partial charge on any atom is -0.507 e. The van der Waals surface area contributed by atoms with E-state index < -0.39 is 0 Å². The van der Waals surface area contributed by atoms with Crippen molar-refractivity contribution in [2.75, 3.05) is 0 Å². The summed E-state index contributed by atoms with van der Waals surface area (Å²) in [6.45, 7) is 18.6. The Hall–Kier alpha value is -1.70. The number of phenolic OH excluding ortho intramolecular Hbond substituents is 2. The largest absolute Gasteiger partial charge is 0.507 e. The summed E-state index contributed by atoms with van der Waals surface area (Å²) < 4.78 is 0. The second kappa shape index (κ2) is 18.3. The van der Waals surface area contributed by atoms with Crippen molar-refractivity contribution in [3.05, 3.63) is 46.6 Å². The van der Waals surface area contributed by atoms with E-state index in [0.29, 0.717) is 5.56 Å². The van der Waals surface area contributed by atoms with Crippen LogP contribution in [0.3, 0.4) is 0 Å². The second-order valence-corrected chi connectivity index (χ2v) is 7.34. The molecule has 2 N–H and O–H groups in total. The van der Waals surface area contributed by atoms with Crippen LogP contribution >= 0.6 is 0 Å². The maximum absolute atomic E-state index is 10.1. The van der Waals surface area contributed by atoms with E-state index in [9.17, 15) is 10.2 Å². The molecule has 2 nitrogen and oxygen atoms in total. The molecule has 29 heavy (non-hydrogen) atoms. The molecule has 0 amide bonds. The van der Waals surface area contributed by atoms with Crippen molar-refractivity contribution in [1.82, 2.24) is 0 Å². The predicted molar refractivity (Wildman–Crippen MR) is 131 cm³/mol. The second-order valence-electron chi connectivity index (χ2n) is 7.34. The zero-order valence-corrected chi connectivity index (χ0v) is 20.7. The molecule has 0 saturated heterocycles. The molecule has 0 radical (unpaired) electrons. The number of rotatable bonds is 5. The monoisotopic (exact) mass is 404 g/mol. The summed E-state index contributed by atoms with van der Waals surface area (Å²) in [5, 5.41) is 20.1. The fourth-order valence-electron chi connectivity index (χ4n) is 3.20. The lowest BCUT2D eigenvalue weighted by Crippen LogP contribution is -2.03. The van der Waals surface area contributed by atoms with Gasteiger partial charge in [-0.2, -0.15) is 0 Å². The molecule has 1 aliphatic carbocycles. The number of aryl methyl sites for hydroxylation is 1. The summed E-state index contributed by atoms with van der Waals surface area (Å²) in [6, 6.07) is 3.54. The number of allylic oxidation sites excluding steroid dienone is 4. The van der Waals surface area contributed by atoms with Crippen LogP contribution in [0, 0.1) is 0 Å². The van der Waals surface area contributed by atoms with Gasteiger partial charge in [-0.25, -0.2) is 0 Å². The molecule has 0 aliphatic heterocycles. The molecule has 168 valence electrons. The zero-order valence-electron chi connectivity index (χ0n) is 20.7. The van der Waals surface area contributed by atoms with Gasteiger partial charge in [0.15, 0.2) is 0 Å². The summed E-state index contributed by atoms with van der Waals surface area (Å²) >= 11 is 0. The fraction of sp³-hybridized carbons (Fsp3) is 0.630. The highest BCUT2D eigenvalue weighted by Crippen LogP contribution is 2.41. The molecule has 0 aromatic heterocycles. The smallest absolute Gasteiger partial charge is 0.123 e. The van der Waals surface area contributed by atoms with Crippen molar-refractivity contribution < 1.29 is 10.2 Å². The highest BCUT2D eigenvalue weighted by Gasteiger charge is 2.20. The van der Waals surface area contributed by atoms with Gasteiger partial charge in [0.2, 0.25) is 0 Å². The van der Waals surface area contributed by atoms with Gasteiger partial charge in [-0.3, -0.25) is 0 Å². The van der Waals surface area contributed by atoms with Crippen molar-refractivity contribution in [2.45, 2.75) is 113 Å². The third-order valence-corrected chi connectivity index (χ3v) is 4.66. The minimum atomic E-state index is 0.162. The first kappa shape index (κ1) is 29.5. The van der Waals surface area contributed by atoms with E-state index in [1.165, 1.54) is 30.4 Å². The van der Waals surface area contributed by atoms with E-state index in [1.807, 2.05) is 34.6 Å². The summed E-state index contributed by atoms with van der Waals surface area (Å²) in [5.41, 5.74) is 4.46. The maximum Gasteiger partial charge on any atom is 0.123 e. The van der Waals surface area contributed by atoms with Gasteiger partial charge in [0.25, 0.3) is 0 Å². The van der Waals surface area contributed by atoms with Crippen LogP contribution in [0.4, 0.5) is 0 Å². The summed E-state index contributed by atoms with van der Waals surface area (Å²) in [7, 11) is 0. The fourth-order valence-corrected chi connectivity index (χ4v) is 3.20. The molecule has 1 aliphatic rings. The van der Waals surface area contributed by atoms with Crippen LogP contribution < -0.4 is 0 Å². The third kappa shape index (κ3) is 12.5. The van der Waals surface area contributed by atoms with Crippen LogP contribution in [0.25, 0.3) is 0 Å². The summed E-state index contributed by atoms with van der Waals surface area (Å²) in [5.74, 6) is 0.630.